The van der Waals surface area contributed by atoms with Gasteiger partial charge in [0.15, 0.2) is 5.13 Å². The van der Waals surface area contributed by atoms with E-state index in [9.17, 15) is 18.0 Å². The summed E-state index contributed by atoms with van der Waals surface area (Å²) >= 11 is 2.03. The summed E-state index contributed by atoms with van der Waals surface area (Å²) in [6, 6.07) is 3.60. The molecule has 0 radical (unpaired) electrons. The van der Waals surface area contributed by atoms with Crippen molar-refractivity contribution in [2.24, 2.45) is 0 Å². The van der Waals surface area contributed by atoms with Crippen LogP contribution in [0.1, 0.15) is 14.5 Å². The van der Waals surface area contributed by atoms with Crippen molar-refractivity contribution in [1.82, 2.24) is 9.88 Å². The van der Waals surface area contributed by atoms with E-state index < -0.39 is 11.1 Å². The summed E-state index contributed by atoms with van der Waals surface area (Å²) in [5, 5.41) is 2.20. The van der Waals surface area contributed by atoms with Gasteiger partial charge < -0.3 is 9.80 Å². The molecule has 3 heterocycles. The molecule has 1 fully saturated rings. The van der Waals surface area contributed by atoms with Crippen molar-refractivity contribution in [3.05, 3.63) is 33.5 Å². The molecule has 0 spiro atoms. The second-order valence-electron chi connectivity index (χ2n) is 4.76. The third-order valence-corrected chi connectivity index (χ3v) is 5.30. The van der Waals surface area contributed by atoms with Gasteiger partial charge >= 0.3 is 6.18 Å². The molecule has 1 saturated heterocycles. The monoisotopic (exact) mass is 347 g/mol. The lowest BCUT2D eigenvalue weighted by molar-refractivity contribution is -0.134. The van der Waals surface area contributed by atoms with E-state index in [0.717, 1.165) is 6.20 Å². The summed E-state index contributed by atoms with van der Waals surface area (Å²) in [5.41, 5.74) is 0. The number of aromatic nitrogens is 1. The van der Waals surface area contributed by atoms with E-state index >= 15 is 0 Å². The first-order valence-corrected chi connectivity index (χ1v) is 8.25. The number of halogens is 3. The van der Waals surface area contributed by atoms with Gasteiger partial charge in [0.05, 0.1) is 11.1 Å². The lowest BCUT2D eigenvalue weighted by atomic mass is 10.3. The number of piperazine rings is 1. The van der Waals surface area contributed by atoms with Crippen LogP contribution >= 0.6 is 22.7 Å². The molecule has 22 heavy (non-hydrogen) atoms. The van der Waals surface area contributed by atoms with Crippen molar-refractivity contribution in [3.8, 4) is 0 Å². The summed E-state index contributed by atoms with van der Waals surface area (Å²) in [5.74, 6) is -0.0234. The normalized spacial score (nSPS) is 16.1. The van der Waals surface area contributed by atoms with E-state index in [0.29, 0.717) is 47.5 Å². The van der Waals surface area contributed by atoms with Gasteiger partial charge in [-0.25, -0.2) is 4.98 Å². The molecule has 9 heteroatoms. The van der Waals surface area contributed by atoms with Crippen LogP contribution < -0.4 is 4.90 Å². The molecule has 0 bridgehead atoms. The van der Waals surface area contributed by atoms with Crippen molar-refractivity contribution < 1.29 is 18.0 Å². The van der Waals surface area contributed by atoms with Gasteiger partial charge in [-0.05, 0) is 11.4 Å². The van der Waals surface area contributed by atoms with E-state index in [-0.39, 0.29) is 5.91 Å². The third-order valence-electron chi connectivity index (χ3n) is 3.34. The Hall–Kier alpha value is -1.61. The summed E-state index contributed by atoms with van der Waals surface area (Å²) in [7, 11) is 0. The Bertz CT molecular complexity index is 646. The van der Waals surface area contributed by atoms with Crippen LogP contribution in [0.2, 0.25) is 0 Å². The van der Waals surface area contributed by atoms with Gasteiger partial charge in [0.1, 0.15) is 4.88 Å². The summed E-state index contributed by atoms with van der Waals surface area (Å²) in [6.07, 6.45) is -3.49. The number of thiazole rings is 1. The van der Waals surface area contributed by atoms with Crippen LogP contribution in [0.25, 0.3) is 0 Å². The van der Waals surface area contributed by atoms with Gasteiger partial charge in [-0.1, -0.05) is 17.4 Å². The largest absolute Gasteiger partial charge is 0.427 e. The minimum atomic E-state index is -4.35. The van der Waals surface area contributed by atoms with Crippen LogP contribution in [-0.2, 0) is 6.18 Å². The van der Waals surface area contributed by atoms with Crippen LogP contribution in [0.3, 0.4) is 0 Å². The second-order valence-corrected chi connectivity index (χ2v) is 6.72. The molecule has 0 atom stereocenters. The van der Waals surface area contributed by atoms with Gasteiger partial charge in [-0.15, -0.1) is 11.3 Å². The zero-order valence-corrected chi connectivity index (χ0v) is 13.0. The van der Waals surface area contributed by atoms with Crippen LogP contribution in [0.4, 0.5) is 18.3 Å². The van der Waals surface area contributed by atoms with E-state index in [4.69, 9.17) is 0 Å². The Kier molecular flexibility index (Phi) is 4.09. The molecule has 1 amide bonds. The number of carbonyl (C=O) groups is 1. The van der Waals surface area contributed by atoms with Gasteiger partial charge in [0, 0.05) is 26.2 Å². The summed E-state index contributed by atoms with van der Waals surface area (Å²) in [4.78, 5) is 19.5. The molecule has 0 aromatic carbocycles. The average molecular weight is 347 g/mol. The first kappa shape index (κ1) is 15.3. The van der Waals surface area contributed by atoms with E-state index in [1.54, 1.807) is 15.9 Å². The molecule has 2 aromatic heterocycles. The van der Waals surface area contributed by atoms with Crippen molar-refractivity contribution in [1.29, 1.82) is 0 Å². The highest BCUT2D eigenvalue weighted by atomic mass is 32.1. The summed E-state index contributed by atoms with van der Waals surface area (Å²) < 4.78 is 37.8. The highest BCUT2D eigenvalue weighted by Gasteiger charge is 2.34. The van der Waals surface area contributed by atoms with Crippen LogP contribution in [-0.4, -0.2) is 42.0 Å². The highest BCUT2D eigenvalue weighted by molar-refractivity contribution is 7.15. The Morgan fingerprint density at radius 2 is 1.95 bits per heavy atom. The maximum Gasteiger partial charge on any atom is 0.427 e. The minimum absolute atomic E-state index is 0.0234. The zero-order chi connectivity index (χ0) is 15.7. The lowest BCUT2D eigenvalue weighted by Crippen LogP contribution is -2.48. The van der Waals surface area contributed by atoms with E-state index in [2.05, 4.69) is 4.98 Å². The number of hydrogen-bond donors (Lipinski definition) is 0. The first-order valence-electron chi connectivity index (χ1n) is 6.56. The molecule has 118 valence electrons. The molecular weight excluding hydrogens is 335 g/mol. The molecule has 0 unspecified atom stereocenters. The Morgan fingerprint density at radius 3 is 2.50 bits per heavy atom. The smallest absolute Gasteiger partial charge is 0.345 e. The fraction of sp³-hybridized carbons (Fsp3) is 0.385. The Morgan fingerprint density at radius 1 is 1.23 bits per heavy atom. The van der Waals surface area contributed by atoms with Crippen molar-refractivity contribution in [2.45, 2.75) is 6.18 Å². The third kappa shape index (κ3) is 3.09. The van der Waals surface area contributed by atoms with Gasteiger partial charge in [0.25, 0.3) is 5.91 Å². The molecule has 0 N–H and O–H groups in total. The molecule has 1 aliphatic rings. The minimum Gasteiger partial charge on any atom is -0.345 e. The lowest BCUT2D eigenvalue weighted by Gasteiger charge is -2.34. The maximum atomic E-state index is 12.6. The number of alkyl halides is 3. The molecular formula is C13H12F3N3OS2. The SMILES string of the molecule is O=C(c1cccs1)N1CCN(c2ncc(C(F)(F)F)s2)CC1. The number of amides is 1. The molecule has 2 aromatic rings. The zero-order valence-electron chi connectivity index (χ0n) is 11.3. The van der Waals surface area contributed by atoms with Crippen molar-refractivity contribution in [3.63, 3.8) is 0 Å². The number of thiophene rings is 1. The molecule has 0 aliphatic carbocycles. The first-order chi connectivity index (χ1) is 10.4. The van der Waals surface area contributed by atoms with Gasteiger partial charge in [0.2, 0.25) is 0 Å². The number of carbonyl (C=O) groups excluding carboxylic acids is 1. The van der Waals surface area contributed by atoms with Crippen LogP contribution in [0.5, 0.6) is 0 Å². The number of nitrogens with zero attached hydrogens (tertiary/aromatic N) is 3. The molecule has 4 nitrogen and oxygen atoms in total. The second kappa shape index (κ2) is 5.88. The van der Waals surface area contributed by atoms with E-state index in [1.165, 1.54) is 11.3 Å². The fourth-order valence-electron chi connectivity index (χ4n) is 2.20. The predicted octanol–water partition coefficient (Wildman–Crippen LogP) is 3.19. The summed E-state index contributed by atoms with van der Waals surface area (Å²) in [6.45, 7) is 1.94. The van der Waals surface area contributed by atoms with Gasteiger partial charge in [-0.2, -0.15) is 13.2 Å². The number of rotatable bonds is 2. The molecule has 1 aliphatic heterocycles. The van der Waals surface area contributed by atoms with Crippen LogP contribution in [0.15, 0.2) is 23.7 Å². The number of anilines is 1. The Balaban J connectivity index is 1.62. The quantitative estimate of drug-likeness (QED) is 0.837. The predicted molar refractivity (Wildman–Crippen MR) is 79.6 cm³/mol. The highest BCUT2D eigenvalue weighted by Crippen LogP contribution is 2.36. The van der Waals surface area contributed by atoms with Crippen molar-refractivity contribution in [2.75, 3.05) is 31.1 Å². The fourth-order valence-corrected chi connectivity index (χ4v) is 3.72. The Labute approximate surface area is 132 Å². The van der Waals surface area contributed by atoms with Crippen LogP contribution in [0, 0.1) is 0 Å². The molecule has 0 saturated carbocycles. The van der Waals surface area contributed by atoms with Crippen molar-refractivity contribution >= 4 is 33.7 Å². The topological polar surface area (TPSA) is 36.4 Å². The maximum absolute atomic E-state index is 12.6. The standard InChI is InChI=1S/C13H12F3N3OS2/c14-13(15,16)10-8-17-12(22-10)19-5-3-18(4-6-19)11(20)9-2-1-7-21-9/h1-2,7-8H,3-6H2. The van der Waals surface area contributed by atoms with E-state index in [1.807, 2.05) is 11.4 Å². The average Bonchev–Trinajstić information content (AvgIpc) is 3.17. The van der Waals surface area contributed by atoms with Gasteiger partial charge in [-0.3, -0.25) is 4.79 Å². The number of hydrogen-bond acceptors (Lipinski definition) is 5. The molecule has 3 rings (SSSR count).